The molecule has 2 rings (SSSR count). The van der Waals surface area contributed by atoms with Crippen molar-refractivity contribution in [2.24, 2.45) is 11.1 Å². The first-order valence-corrected chi connectivity index (χ1v) is 7.70. The van der Waals surface area contributed by atoms with Gasteiger partial charge >= 0.3 is 0 Å². The van der Waals surface area contributed by atoms with E-state index < -0.39 is 5.41 Å². The van der Waals surface area contributed by atoms with Gasteiger partial charge in [-0.2, -0.15) is 0 Å². The summed E-state index contributed by atoms with van der Waals surface area (Å²) in [5.41, 5.74) is 6.83. The van der Waals surface area contributed by atoms with Crippen molar-refractivity contribution in [1.29, 1.82) is 0 Å². The lowest BCUT2D eigenvalue weighted by Gasteiger charge is -2.32. The van der Waals surface area contributed by atoms with Gasteiger partial charge in [-0.15, -0.1) is 0 Å². The Hall–Kier alpha value is -1.55. The highest BCUT2D eigenvalue weighted by atomic mass is 16.5. The molecule has 2 N–H and O–H groups in total. The number of hydrogen-bond acceptors (Lipinski definition) is 3. The minimum Gasteiger partial charge on any atom is -0.494 e. The van der Waals surface area contributed by atoms with E-state index in [2.05, 4.69) is 0 Å². The molecule has 1 amide bonds. The molecule has 1 saturated carbocycles. The van der Waals surface area contributed by atoms with Crippen molar-refractivity contribution in [1.82, 2.24) is 4.90 Å². The third kappa shape index (κ3) is 3.38. The lowest BCUT2D eigenvalue weighted by atomic mass is 9.83. The predicted molar refractivity (Wildman–Crippen MR) is 84.0 cm³/mol. The average Bonchev–Trinajstić information content (AvgIpc) is 2.81. The summed E-state index contributed by atoms with van der Waals surface area (Å²) in [6, 6.07) is 7.88. The first-order chi connectivity index (χ1) is 9.97. The van der Waals surface area contributed by atoms with Gasteiger partial charge in [-0.05, 0) is 44.4 Å². The summed E-state index contributed by atoms with van der Waals surface area (Å²) in [5.74, 6) is 1.02. The van der Waals surface area contributed by atoms with Crippen LogP contribution >= 0.6 is 0 Å². The van der Waals surface area contributed by atoms with E-state index in [1.165, 1.54) is 0 Å². The molecule has 21 heavy (non-hydrogen) atoms. The van der Waals surface area contributed by atoms with Gasteiger partial charge in [-0.3, -0.25) is 4.79 Å². The van der Waals surface area contributed by atoms with E-state index in [1.54, 1.807) is 4.90 Å². The van der Waals surface area contributed by atoms with Crippen LogP contribution in [0.1, 0.15) is 38.7 Å². The zero-order valence-corrected chi connectivity index (χ0v) is 13.3. The van der Waals surface area contributed by atoms with Crippen LogP contribution in [0.4, 0.5) is 0 Å². The molecular weight excluding hydrogens is 264 g/mol. The molecule has 4 nitrogen and oxygen atoms in total. The van der Waals surface area contributed by atoms with Crippen LogP contribution in [-0.4, -0.2) is 30.5 Å². The maximum Gasteiger partial charge on any atom is 0.230 e. The van der Waals surface area contributed by atoms with Crippen LogP contribution in [0.15, 0.2) is 24.3 Å². The summed E-state index contributed by atoms with van der Waals surface area (Å²) in [6.07, 6.45) is 2.88. The summed E-state index contributed by atoms with van der Waals surface area (Å²) in [4.78, 5) is 14.5. The van der Waals surface area contributed by atoms with Crippen molar-refractivity contribution in [3.8, 4) is 5.75 Å². The lowest BCUT2D eigenvalue weighted by molar-refractivity contribution is -0.140. The molecule has 1 aliphatic carbocycles. The maximum atomic E-state index is 12.7. The minimum atomic E-state index is -0.403. The smallest absolute Gasteiger partial charge is 0.230 e. The number of carbonyl (C=O) groups excluding carboxylic acids is 1. The fraction of sp³-hybridized carbons (Fsp3) is 0.588. The highest BCUT2D eigenvalue weighted by Crippen LogP contribution is 2.38. The summed E-state index contributed by atoms with van der Waals surface area (Å²) < 4.78 is 5.43. The molecule has 0 aromatic heterocycles. The molecule has 1 aromatic rings. The summed E-state index contributed by atoms with van der Waals surface area (Å²) in [6.45, 7) is 5.23. The average molecular weight is 290 g/mol. The van der Waals surface area contributed by atoms with Crippen molar-refractivity contribution in [3.63, 3.8) is 0 Å². The molecule has 4 heteroatoms. The molecule has 0 heterocycles. The minimum absolute atomic E-state index is 0.0206. The number of nitrogens with zero attached hydrogens (tertiary/aromatic N) is 1. The molecule has 1 fully saturated rings. The number of benzene rings is 1. The Bertz CT molecular complexity index is 486. The molecule has 0 aliphatic heterocycles. The first kappa shape index (κ1) is 15.8. The quantitative estimate of drug-likeness (QED) is 0.906. The largest absolute Gasteiger partial charge is 0.494 e. The Labute approximate surface area is 127 Å². The molecule has 2 unspecified atom stereocenters. The topological polar surface area (TPSA) is 55.6 Å². The first-order valence-electron chi connectivity index (χ1n) is 7.70. The molecule has 0 spiro atoms. The van der Waals surface area contributed by atoms with Crippen molar-refractivity contribution >= 4 is 5.91 Å². The monoisotopic (exact) mass is 290 g/mol. The standard InChI is InChI=1S/C17H26N2O2/c1-4-21-14-9-7-13(8-10-14)12-19(3)16(20)17(2)11-5-6-15(17)18/h7-10,15H,4-6,11-12,18H2,1-3H3. The third-order valence-electron chi connectivity index (χ3n) is 4.52. The van der Waals surface area contributed by atoms with Gasteiger partial charge in [0, 0.05) is 19.6 Å². The van der Waals surface area contributed by atoms with Crippen LogP contribution in [0.2, 0.25) is 0 Å². The van der Waals surface area contributed by atoms with Crippen molar-refractivity contribution in [2.45, 2.75) is 45.7 Å². The van der Waals surface area contributed by atoms with E-state index in [4.69, 9.17) is 10.5 Å². The molecular formula is C17H26N2O2. The van der Waals surface area contributed by atoms with Gasteiger partial charge in [-0.25, -0.2) is 0 Å². The summed E-state index contributed by atoms with van der Waals surface area (Å²) in [5, 5.41) is 0. The number of hydrogen-bond donors (Lipinski definition) is 1. The second-order valence-corrected chi connectivity index (χ2v) is 6.15. The number of amides is 1. The Balaban J connectivity index is 2.00. The van der Waals surface area contributed by atoms with Gasteiger partial charge in [0.25, 0.3) is 0 Å². The number of ether oxygens (including phenoxy) is 1. The highest BCUT2D eigenvalue weighted by Gasteiger charge is 2.44. The van der Waals surface area contributed by atoms with Gasteiger partial charge < -0.3 is 15.4 Å². The van der Waals surface area contributed by atoms with E-state index in [1.807, 2.05) is 45.2 Å². The summed E-state index contributed by atoms with van der Waals surface area (Å²) >= 11 is 0. The van der Waals surface area contributed by atoms with E-state index in [0.29, 0.717) is 13.2 Å². The zero-order chi connectivity index (χ0) is 15.5. The highest BCUT2D eigenvalue weighted by molar-refractivity contribution is 5.83. The molecule has 116 valence electrons. The second kappa shape index (κ2) is 6.48. The van der Waals surface area contributed by atoms with Gasteiger partial charge in [0.1, 0.15) is 5.75 Å². The van der Waals surface area contributed by atoms with E-state index >= 15 is 0 Å². The lowest BCUT2D eigenvalue weighted by Crippen LogP contribution is -2.47. The van der Waals surface area contributed by atoms with Crippen molar-refractivity contribution < 1.29 is 9.53 Å². The van der Waals surface area contributed by atoms with Crippen LogP contribution in [-0.2, 0) is 11.3 Å². The number of carbonyl (C=O) groups is 1. The van der Waals surface area contributed by atoms with E-state index in [0.717, 1.165) is 30.6 Å². The zero-order valence-electron chi connectivity index (χ0n) is 13.3. The van der Waals surface area contributed by atoms with Crippen LogP contribution < -0.4 is 10.5 Å². The Kier molecular flexibility index (Phi) is 4.88. The molecule has 0 saturated heterocycles. The van der Waals surface area contributed by atoms with Gasteiger partial charge in [0.2, 0.25) is 5.91 Å². The fourth-order valence-electron chi connectivity index (χ4n) is 3.10. The number of nitrogens with two attached hydrogens (primary N) is 1. The Morgan fingerprint density at radius 1 is 1.43 bits per heavy atom. The van der Waals surface area contributed by atoms with E-state index in [-0.39, 0.29) is 11.9 Å². The van der Waals surface area contributed by atoms with Gasteiger partial charge in [-0.1, -0.05) is 18.6 Å². The molecule has 1 aromatic carbocycles. The maximum absolute atomic E-state index is 12.7. The van der Waals surface area contributed by atoms with Crippen molar-refractivity contribution in [2.75, 3.05) is 13.7 Å². The Morgan fingerprint density at radius 2 is 2.10 bits per heavy atom. The fourth-order valence-corrected chi connectivity index (χ4v) is 3.10. The predicted octanol–water partition coefficient (Wildman–Crippen LogP) is 2.56. The molecule has 0 bridgehead atoms. The molecule has 1 aliphatic rings. The normalized spacial score (nSPS) is 24.9. The summed E-state index contributed by atoms with van der Waals surface area (Å²) in [7, 11) is 1.86. The molecule has 2 atom stereocenters. The van der Waals surface area contributed by atoms with Gasteiger partial charge in [0.05, 0.1) is 12.0 Å². The van der Waals surface area contributed by atoms with Crippen LogP contribution in [0.5, 0.6) is 5.75 Å². The van der Waals surface area contributed by atoms with Crippen LogP contribution in [0.3, 0.4) is 0 Å². The van der Waals surface area contributed by atoms with Crippen LogP contribution in [0.25, 0.3) is 0 Å². The van der Waals surface area contributed by atoms with Crippen LogP contribution in [0, 0.1) is 5.41 Å². The van der Waals surface area contributed by atoms with E-state index in [9.17, 15) is 4.79 Å². The second-order valence-electron chi connectivity index (χ2n) is 6.15. The third-order valence-corrected chi connectivity index (χ3v) is 4.52. The number of rotatable bonds is 5. The van der Waals surface area contributed by atoms with Gasteiger partial charge in [0.15, 0.2) is 0 Å². The van der Waals surface area contributed by atoms with Crippen molar-refractivity contribution in [3.05, 3.63) is 29.8 Å². The SMILES string of the molecule is CCOc1ccc(CN(C)C(=O)C2(C)CCCC2N)cc1. The Morgan fingerprint density at radius 3 is 2.62 bits per heavy atom. The molecule has 0 radical (unpaired) electrons.